The number of nitrogens with one attached hydrogen (secondary N) is 2. The molecule has 0 bridgehead atoms. The fourth-order valence-corrected chi connectivity index (χ4v) is 4.09. The average molecular weight is 426 g/mol. The van der Waals surface area contributed by atoms with E-state index in [9.17, 15) is 13.2 Å². The maximum atomic E-state index is 12.1. The van der Waals surface area contributed by atoms with Crippen molar-refractivity contribution in [2.24, 2.45) is 0 Å². The largest absolute Gasteiger partial charge is 0.487 e. The molecule has 1 atom stereocenters. The van der Waals surface area contributed by atoms with E-state index in [1.807, 2.05) is 18.2 Å². The van der Waals surface area contributed by atoms with E-state index in [0.717, 1.165) is 22.4 Å². The van der Waals surface area contributed by atoms with E-state index in [1.165, 1.54) is 6.26 Å². The standard InChI is InChI=1S/C21H22N4O4S/c1-13-23-19(25-24-13)11-20(26)22-12-16-10-15-4-3-5-18(21(15)29-16)14-6-8-17(9-7-14)30(2,27)28/h3-9,16H,10-12H2,1-2H3,(H,22,26)(H,23,24,25)/t16-/m1/s1. The molecule has 0 fully saturated rings. The first-order valence-corrected chi connectivity index (χ1v) is 11.4. The minimum Gasteiger partial charge on any atom is -0.487 e. The number of aryl methyl sites for hydroxylation is 1. The van der Waals surface area contributed by atoms with Crippen LogP contribution in [0.4, 0.5) is 0 Å². The van der Waals surface area contributed by atoms with Gasteiger partial charge in [0.05, 0.1) is 17.9 Å². The Labute approximate surface area is 174 Å². The minimum atomic E-state index is -3.24. The fourth-order valence-electron chi connectivity index (χ4n) is 3.46. The Balaban J connectivity index is 1.42. The molecule has 30 heavy (non-hydrogen) atoms. The maximum absolute atomic E-state index is 12.1. The van der Waals surface area contributed by atoms with E-state index in [-0.39, 0.29) is 23.3 Å². The number of fused-ring (bicyclic) bond motifs is 1. The van der Waals surface area contributed by atoms with E-state index in [2.05, 4.69) is 20.5 Å². The van der Waals surface area contributed by atoms with Gasteiger partial charge in [-0.1, -0.05) is 30.3 Å². The van der Waals surface area contributed by atoms with Gasteiger partial charge >= 0.3 is 0 Å². The molecule has 2 aromatic carbocycles. The highest BCUT2D eigenvalue weighted by molar-refractivity contribution is 7.90. The molecule has 1 aliphatic rings. The second-order valence-electron chi connectivity index (χ2n) is 7.35. The number of hydrogen-bond donors (Lipinski definition) is 2. The van der Waals surface area contributed by atoms with Crippen molar-refractivity contribution < 1.29 is 17.9 Å². The second-order valence-corrected chi connectivity index (χ2v) is 9.37. The number of carbonyl (C=O) groups is 1. The number of sulfone groups is 1. The number of rotatable bonds is 6. The van der Waals surface area contributed by atoms with Crippen molar-refractivity contribution in [3.05, 3.63) is 59.7 Å². The summed E-state index contributed by atoms with van der Waals surface area (Å²) in [5, 5.41) is 9.56. The average Bonchev–Trinajstić information content (AvgIpc) is 3.31. The smallest absolute Gasteiger partial charge is 0.227 e. The van der Waals surface area contributed by atoms with Crippen molar-refractivity contribution in [3.63, 3.8) is 0 Å². The van der Waals surface area contributed by atoms with Gasteiger partial charge < -0.3 is 10.1 Å². The van der Waals surface area contributed by atoms with Crippen LogP contribution in [-0.2, 0) is 27.5 Å². The van der Waals surface area contributed by atoms with E-state index in [0.29, 0.717) is 24.6 Å². The van der Waals surface area contributed by atoms with Crippen molar-refractivity contribution in [2.45, 2.75) is 30.8 Å². The molecule has 2 N–H and O–H groups in total. The van der Waals surface area contributed by atoms with Gasteiger partial charge in [0.1, 0.15) is 17.7 Å². The number of carbonyl (C=O) groups excluding carboxylic acids is 1. The van der Waals surface area contributed by atoms with Crippen LogP contribution in [-0.4, -0.2) is 48.4 Å². The van der Waals surface area contributed by atoms with E-state index in [4.69, 9.17) is 4.74 Å². The predicted octanol–water partition coefficient (Wildman–Crippen LogP) is 1.85. The number of benzene rings is 2. The zero-order valence-electron chi connectivity index (χ0n) is 16.7. The third-order valence-electron chi connectivity index (χ3n) is 4.91. The van der Waals surface area contributed by atoms with Crippen LogP contribution in [0.25, 0.3) is 11.1 Å². The van der Waals surface area contributed by atoms with Crippen molar-refractivity contribution in [1.29, 1.82) is 0 Å². The molecule has 8 nitrogen and oxygen atoms in total. The zero-order valence-corrected chi connectivity index (χ0v) is 17.5. The lowest BCUT2D eigenvalue weighted by molar-refractivity contribution is -0.120. The fraction of sp³-hybridized carbons (Fsp3) is 0.286. The maximum Gasteiger partial charge on any atom is 0.227 e. The number of nitrogens with zero attached hydrogens (tertiary/aromatic N) is 2. The quantitative estimate of drug-likeness (QED) is 0.622. The molecule has 0 radical (unpaired) electrons. The zero-order chi connectivity index (χ0) is 21.3. The lowest BCUT2D eigenvalue weighted by Crippen LogP contribution is -2.35. The molecule has 2 heterocycles. The third-order valence-corrected chi connectivity index (χ3v) is 6.04. The van der Waals surface area contributed by atoms with Gasteiger partial charge in [-0.15, -0.1) is 0 Å². The Morgan fingerprint density at radius 2 is 2.00 bits per heavy atom. The Hall–Kier alpha value is -3.20. The lowest BCUT2D eigenvalue weighted by Gasteiger charge is -2.13. The summed E-state index contributed by atoms with van der Waals surface area (Å²) < 4.78 is 29.5. The number of ether oxygens (including phenoxy) is 1. The Kier molecular flexibility index (Phi) is 5.29. The van der Waals surface area contributed by atoms with Crippen molar-refractivity contribution in [2.75, 3.05) is 12.8 Å². The summed E-state index contributed by atoms with van der Waals surface area (Å²) >= 11 is 0. The van der Waals surface area contributed by atoms with Crippen LogP contribution in [0.1, 0.15) is 17.2 Å². The number of aromatic amines is 1. The number of amides is 1. The molecule has 156 valence electrons. The van der Waals surface area contributed by atoms with Crippen LogP contribution < -0.4 is 10.1 Å². The van der Waals surface area contributed by atoms with E-state index < -0.39 is 9.84 Å². The van der Waals surface area contributed by atoms with Crippen LogP contribution in [0, 0.1) is 6.92 Å². The first kappa shape index (κ1) is 20.1. The summed E-state index contributed by atoms with van der Waals surface area (Å²) in [5.41, 5.74) is 2.84. The summed E-state index contributed by atoms with van der Waals surface area (Å²) in [6.07, 6.45) is 1.81. The van der Waals surface area contributed by atoms with Crippen molar-refractivity contribution in [3.8, 4) is 16.9 Å². The van der Waals surface area contributed by atoms with Gasteiger partial charge in [-0.3, -0.25) is 9.89 Å². The van der Waals surface area contributed by atoms with Crippen LogP contribution in [0.3, 0.4) is 0 Å². The molecule has 0 saturated carbocycles. The Morgan fingerprint density at radius 1 is 1.23 bits per heavy atom. The normalized spacial score (nSPS) is 15.5. The summed E-state index contributed by atoms with van der Waals surface area (Å²) in [5.74, 6) is 1.74. The Morgan fingerprint density at radius 3 is 2.67 bits per heavy atom. The van der Waals surface area contributed by atoms with Crippen LogP contribution in [0.5, 0.6) is 5.75 Å². The first-order chi connectivity index (χ1) is 14.3. The van der Waals surface area contributed by atoms with E-state index >= 15 is 0 Å². The highest BCUT2D eigenvalue weighted by Crippen LogP contribution is 2.38. The minimum absolute atomic E-state index is 0.113. The summed E-state index contributed by atoms with van der Waals surface area (Å²) in [7, 11) is -3.24. The number of aromatic nitrogens is 3. The van der Waals surface area contributed by atoms with Gasteiger partial charge in [0.2, 0.25) is 5.91 Å². The lowest BCUT2D eigenvalue weighted by atomic mass is 10.0. The SMILES string of the molecule is Cc1nc(CC(=O)NC[C@H]2Cc3cccc(-c4ccc(S(C)(=O)=O)cc4)c3O2)n[nH]1. The molecular formula is C21H22N4O4S. The van der Waals surface area contributed by atoms with E-state index in [1.54, 1.807) is 31.2 Å². The first-order valence-electron chi connectivity index (χ1n) is 9.53. The molecule has 3 aromatic rings. The van der Waals surface area contributed by atoms with Gasteiger partial charge in [-0.2, -0.15) is 5.10 Å². The van der Waals surface area contributed by atoms with Crippen molar-refractivity contribution in [1.82, 2.24) is 20.5 Å². The molecule has 0 unspecified atom stereocenters. The topological polar surface area (TPSA) is 114 Å². The van der Waals surface area contributed by atoms with Gasteiger partial charge in [-0.25, -0.2) is 13.4 Å². The van der Waals surface area contributed by atoms with Crippen LogP contribution >= 0.6 is 0 Å². The molecule has 9 heteroatoms. The number of H-pyrrole nitrogens is 1. The van der Waals surface area contributed by atoms with Gasteiger partial charge in [0.15, 0.2) is 15.7 Å². The molecule has 0 spiro atoms. The monoisotopic (exact) mass is 426 g/mol. The van der Waals surface area contributed by atoms with Crippen LogP contribution in [0.2, 0.25) is 0 Å². The number of para-hydroxylation sites is 1. The third kappa shape index (κ3) is 4.35. The molecule has 4 rings (SSSR count). The predicted molar refractivity (Wildman–Crippen MR) is 111 cm³/mol. The molecule has 0 saturated heterocycles. The Bertz CT molecular complexity index is 1190. The number of hydrogen-bond acceptors (Lipinski definition) is 6. The highest BCUT2D eigenvalue weighted by atomic mass is 32.2. The van der Waals surface area contributed by atoms with Gasteiger partial charge in [0.25, 0.3) is 0 Å². The molecular weight excluding hydrogens is 404 g/mol. The van der Waals surface area contributed by atoms with Gasteiger partial charge in [-0.05, 0) is 30.2 Å². The molecule has 0 aliphatic carbocycles. The highest BCUT2D eigenvalue weighted by Gasteiger charge is 2.26. The summed E-state index contributed by atoms with van der Waals surface area (Å²) in [6.45, 7) is 2.16. The van der Waals surface area contributed by atoms with Crippen molar-refractivity contribution >= 4 is 15.7 Å². The van der Waals surface area contributed by atoms with Gasteiger partial charge in [0, 0.05) is 18.2 Å². The van der Waals surface area contributed by atoms with Crippen LogP contribution in [0.15, 0.2) is 47.4 Å². The second kappa shape index (κ2) is 7.91. The summed E-state index contributed by atoms with van der Waals surface area (Å²) in [4.78, 5) is 16.6. The molecule has 1 aromatic heterocycles. The molecule has 1 amide bonds. The molecule has 1 aliphatic heterocycles. The summed E-state index contributed by atoms with van der Waals surface area (Å²) in [6, 6.07) is 12.7.